The molecule has 0 heterocycles. The van der Waals surface area contributed by atoms with Crippen molar-refractivity contribution in [3.63, 3.8) is 0 Å². The Balaban J connectivity index is 2.39. The summed E-state index contributed by atoms with van der Waals surface area (Å²) >= 11 is 0. The van der Waals surface area contributed by atoms with E-state index < -0.39 is 23.4 Å². The lowest BCUT2D eigenvalue weighted by atomic mass is 10.2. The number of carboxylic acids is 1. The summed E-state index contributed by atoms with van der Waals surface area (Å²) in [7, 11) is 0. The predicted octanol–water partition coefficient (Wildman–Crippen LogP) is 2.77. The molecule has 0 aromatic heterocycles. The molecule has 0 aliphatic heterocycles. The molecule has 0 bridgehead atoms. The highest BCUT2D eigenvalue weighted by Crippen LogP contribution is 2.17. The van der Waals surface area contributed by atoms with Gasteiger partial charge in [0.25, 0.3) is 0 Å². The van der Waals surface area contributed by atoms with E-state index in [1.807, 2.05) is 0 Å². The Hall–Kier alpha value is -1.72. The second-order valence-corrected chi connectivity index (χ2v) is 3.53. The van der Waals surface area contributed by atoms with Crippen molar-refractivity contribution in [1.82, 2.24) is 0 Å². The molecule has 1 aromatic rings. The Kier molecular flexibility index (Phi) is 4.81. The van der Waals surface area contributed by atoms with Gasteiger partial charge in [-0.15, -0.1) is 0 Å². The number of nitrogens with one attached hydrogen (secondary N) is 1. The molecule has 17 heavy (non-hydrogen) atoms. The number of halogens is 3. The third-order valence-electron chi connectivity index (χ3n) is 2.13. The molecule has 0 aliphatic rings. The average molecular weight is 247 g/mol. The molecule has 0 amide bonds. The Morgan fingerprint density at radius 2 is 1.76 bits per heavy atom. The van der Waals surface area contributed by atoms with Gasteiger partial charge in [0.1, 0.15) is 0 Å². The molecule has 2 N–H and O–H groups in total. The number of carbonyl (C=O) groups is 1. The van der Waals surface area contributed by atoms with Crippen LogP contribution < -0.4 is 5.32 Å². The highest BCUT2D eigenvalue weighted by molar-refractivity contribution is 5.66. The molecule has 1 rings (SSSR count). The fraction of sp³-hybridized carbons (Fsp3) is 0.364. The van der Waals surface area contributed by atoms with Crippen molar-refractivity contribution in [2.75, 3.05) is 11.9 Å². The van der Waals surface area contributed by atoms with Gasteiger partial charge >= 0.3 is 5.97 Å². The van der Waals surface area contributed by atoms with Gasteiger partial charge in [0.15, 0.2) is 17.5 Å². The van der Waals surface area contributed by atoms with E-state index in [0.717, 1.165) is 12.1 Å². The smallest absolute Gasteiger partial charge is 0.303 e. The fourth-order valence-electron chi connectivity index (χ4n) is 1.29. The van der Waals surface area contributed by atoms with Gasteiger partial charge in [-0.1, -0.05) is 0 Å². The number of carboxylic acid groups (broad SMARTS) is 1. The molecule has 3 nitrogen and oxygen atoms in total. The van der Waals surface area contributed by atoms with Crippen LogP contribution in [0.25, 0.3) is 0 Å². The van der Waals surface area contributed by atoms with E-state index in [-0.39, 0.29) is 12.1 Å². The van der Waals surface area contributed by atoms with Crippen molar-refractivity contribution in [2.45, 2.75) is 19.3 Å². The monoisotopic (exact) mass is 247 g/mol. The molecular weight excluding hydrogens is 235 g/mol. The van der Waals surface area contributed by atoms with E-state index in [2.05, 4.69) is 5.32 Å². The molecule has 0 fully saturated rings. The highest BCUT2D eigenvalue weighted by Gasteiger charge is 2.09. The standard InChI is InChI=1S/C11H12F3NO2/c12-8-5-7(6-9(13)11(8)14)15-4-2-1-3-10(16)17/h5-6,15H,1-4H2,(H,16,17). The minimum atomic E-state index is -1.50. The second-order valence-electron chi connectivity index (χ2n) is 3.53. The van der Waals surface area contributed by atoms with Gasteiger partial charge in [0.05, 0.1) is 0 Å². The summed E-state index contributed by atoms with van der Waals surface area (Å²) in [6, 6.07) is 1.71. The first kappa shape index (κ1) is 13.3. The van der Waals surface area contributed by atoms with Crippen LogP contribution in [0.3, 0.4) is 0 Å². The van der Waals surface area contributed by atoms with Crippen LogP contribution in [0.4, 0.5) is 18.9 Å². The van der Waals surface area contributed by atoms with Crippen LogP contribution >= 0.6 is 0 Å². The summed E-state index contributed by atoms with van der Waals surface area (Å²) < 4.78 is 38.2. The molecule has 0 aliphatic carbocycles. The van der Waals surface area contributed by atoms with Crippen molar-refractivity contribution in [2.24, 2.45) is 0 Å². The van der Waals surface area contributed by atoms with Gasteiger partial charge in [-0.05, 0) is 12.8 Å². The minimum absolute atomic E-state index is 0.0494. The van der Waals surface area contributed by atoms with E-state index in [0.29, 0.717) is 19.4 Å². The van der Waals surface area contributed by atoms with E-state index in [1.54, 1.807) is 0 Å². The van der Waals surface area contributed by atoms with Crippen LogP contribution in [-0.2, 0) is 4.79 Å². The zero-order valence-corrected chi connectivity index (χ0v) is 8.97. The van der Waals surface area contributed by atoms with Crippen LogP contribution in [0.5, 0.6) is 0 Å². The molecule has 94 valence electrons. The number of hydrogen-bond acceptors (Lipinski definition) is 2. The summed E-state index contributed by atoms with van der Waals surface area (Å²) in [6.45, 7) is 0.373. The van der Waals surface area contributed by atoms with Gasteiger partial charge < -0.3 is 10.4 Å². The van der Waals surface area contributed by atoms with Crippen LogP contribution in [0.2, 0.25) is 0 Å². The van der Waals surface area contributed by atoms with Crippen molar-refractivity contribution < 1.29 is 23.1 Å². The number of hydrogen-bond donors (Lipinski definition) is 2. The first-order valence-electron chi connectivity index (χ1n) is 5.11. The summed E-state index contributed by atoms with van der Waals surface area (Å²) in [5.74, 6) is -4.89. The number of benzene rings is 1. The van der Waals surface area contributed by atoms with Gasteiger partial charge in [0, 0.05) is 30.8 Å². The summed E-state index contributed by atoms with van der Waals surface area (Å²) in [5, 5.41) is 11.1. The Labute approximate surface area is 96.3 Å². The summed E-state index contributed by atoms with van der Waals surface area (Å²) in [4.78, 5) is 10.2. The van der Waals surface area contributed by atoms with E-state index >= 15 is 0 Å². The highest BCUT2D eigenvalue weighted by atomic mass is 19.2. The average Bonchev–Trinajstić information content (AvgIpc) is 2.25. The lowest BCUT2D eigenvalue weighted by Crippen LogP contribution is -2.04. The lowest BCUT2D eigenvalue weighted by Gasteiger charge is -2.06. The third-order valence-corrected chi connectivity index (χ3v) is 2.13. The Morgan fingerprint density at radius 1 is 1.18 bits per heavy atom. The molecule has 0 spiro atoms. The van der Waals surface area contributed by atoms with Crippen molar-refractivity contribution in [1.29, 1.82) is 0 Å². The maximum Gasteiger partial charge on any atom is 0.303 e. The molecular formula is C11H12F3NO2. The normalized spacial score (nSPS) is 10.3. The molecule has 6 heteroatoms. The van der Waals surface area contributed by atoms with Gasteiger partial charge in [0.2, 0.25) is 0 Å². The summed E-state index contributed by atoms with van der Waals surface area (Å²) in [6.07, 6.45) is 1.06. The number of aliphatic carboxylic acids is 1. The second kappa shape index (κ2) is 6.12. The van der Waals surface area contributed by atoms with E-state index in [1.165, 1.54) is 0 Å². The van der Waals surface area contributed by atoms with Gasteiger partial charge in [-0.2, -0.15) is 0 Å². The van der Waals surface area contributed by atoms with E-state index in [4.69, 9.17) is 5.11 Å². The van der Waals surface area contributed by atoms with Crippen molar-refractivity contribution >= 4 is 11.7 Å². The number of unbranched alkanes of at least 4 members (excludes halogenated alkanes) is 1. The van der Waals surface area contributed by atoms with Crippen molar-refractivity contribution in [3.05, 3.63) is 29.6 Å². The maximum atomic E-state index is 12.8. The van der Waals surface area contributed by atoms with Gasteiger partial charge in [-0.25, -0.2) is 13.2 Å². The maximum absolute atomic E-state index is 12.8. The zero-order valence-electron chi connectivity index (χ0n) is 8.97. The summed E-state index contributed by atoms with van der Waals surface area (Å²) in [5.41, 5.74) is 0.136. The quantitative estimate of drug-likeness (QED) is 0.600. The minimum Gasteiger partial charge on any atom is -0.481 e. The zero-order chi connectivity index (χ0) is 12.8. The topological polar surface area (TPSA) is 49.3 Å². The fourth-order valence-corrected chi connectivity index (χ4v) is 1.29. The van der Waals surface area contributed by atoms with Crippen LogP contribution in [0.1, 0.15) is 19.3 Å². The largest absolute Gasteiger partial charge is 0.481 e. The number of anilines is 1. The SMILES string of the molecule is O=C(O)CCCCNc1cc(F)c(F)c(F)c1. The Morgan fingerprint density at radius 3 is 2.29 bits per heavy atom. The first-order valence-corrected chi connectivity index (χ1v) is 5.11. The molecule has 0 unspecified atom stereocenters. The number of rotatable bonds is 6. The lowest BCUT2D eigenvalue weighted by molar-refractivity contribution is -0.137. The molecule has 0 radical (unpaired) electrons. The van der Waals surface area contributed by atoms with Crippen LogP contribution in [0.15, 0.2) is 12.1 Å². The van der Waals surface area contributed by atoms with Crippen LogP contribution in [-0.4, -0.2) is 17.6 Å². The molecule has 1 aromatic carbocycles. The van der Waals surface area contributed by atoms with Gasteiger partial charge in [-0.3, -0.25) is 4.79 Å². The molecule has 0 atom stereocenters. The molecule has 0 saturated heterocycles. The third kappa shape index (κ3) is 4.34. The van der Waals surface area contributed by atoms with Crippen molar-refractivity contribution in [3.8, 4) is 0 Å². The molecule has 0 saturated carbocycles. The predicted molar refractivity (Wildman–Crippen MR) is 56.3 cm³/mol. The first-order chi connectivity index (χ1) is 8.00. The van der Waals surface area contributed by atoms with Crippen LogP contribution in [0, 0.1) is 17.5 Å². The Bertz CT molecular complexity index is 387. The van der Waals surface area contributed by atoms with E-state index in [9.17, 15) is 18.0 Å².